The van der Waals surface area contributed by atoms with E-state index in [9.17, 15) is 24.8 Å². The Bertz CT molecular complexity index is 709. The van der Waals surface area contributed by atoms with E-state index >= 15 is 0 Å². The third-order valence-corrected chi connectivity index (χ3v) is 5.02. The van der Waals surface area contributed by atoms with Gasteiger partial charge in [0.2, 0.25) is 0 Å². The number of amides is 1. The van der Waals surface area contributed by atoms with Gasteiger partial charge in [0.1, 0.15) is 11.3 Å². The van der Waals surface area contributed by atoms with E-state index in [1.165, 1.54) is 38.1 Å². The van der Waals surface area contributed by atoms with Crippen molar-refractivity contribution in [2.45, 2.75) is 44.6 Å². The summed E-state index contributed by atoms with van der Waals surface area (Å²) in [6.45, 7) is 1.54. The van der Waals surface area contributed by atoms with Crippen molar-refractivity contribution in [3.8, 4) is 5.75 Å². The van der Waals surface area contributed by atoms with Crippen LogP contribution in [-0.4, -0.2) is 46.5 Å². The molecule has 0 unspecified atom stereocenters. The number of carboxylic acids is 1. The summed E-state index contributed by atoms with van der Waals surface area (Å²) in [6, 6.07) is 2.59. The number of carbonyl (C=O) groups is 2. The summed E-state index contributed by atoms with van der Waals surface area (Å²) in [5, 5.41) is 21.0. The quantitative estimate of drug-likeness (QED) is 0.646. The molecule has 0 saturated heterocycles. The minimum Gasteiger partial charge on any atom is -0.496 e. The predicted octanol–water partition coefficient (Wildman–Crippen LogP) is 2.77. The monoisotopic (exact) mass is 350 g/mol. The van der Waals surface area contributed by atoms with E-state index in [1.54, 1.807) is 0 Å². The van der Waals surface area contributed by atoms with Gasteiger partial charge in [-0.1, -0.05) is 19.3 Å². The zero-order chi connectivity index (χ0) is 18.8. The van der Waals surface area contributed by atoms with Gasteiger partial charge in [-0.05, 0) is 25.8 Å². The number of hydrogen-bond acceptors (Lipinski definition) is 5. The number of hydrogen-bond donors (Lipinski definition) is 1. The Balaban J connectivity index is 2.47. The molecule has 1 N–H and O–H groups in total. The van der Waals surface area contributed by atoms with Crippen LogP contribution in [0.4, 0.5) is 5.69 Å². The molecular weight excluding hydrogens is 328 g/mol. The van der Waals surface area contributed by atoms with Crippen LogP contribution in [0, 0.1) is 17.0 Å². The molecular formula is C17H22N2O6. The summed E-state index contributed by atoms with van der Waals surface area (Å²) in [7, 11) is 2.81. The second-order valence-electron chi connectivity index (χ2n) is 6.34. The largest absolute Gasteiger partial charge is 0.496 e. The second kappa shape index (κ2) is 7.08. The molecule has 0 radical (unpaired) electrons. The SMILES string of the molecule is COc1cc(C(=O)N(C)C2(C(=O)O)CCCCC2)cc([N+](=O)[O-])c1C. The highest BCUT2D eigenvalue weighted by atomic mass is 16.6. The molecule has 8 heteroatoms. The van der Waals surface area contributed by atoms with E-state index in [2.05, 4.69) is 0 Å². The molecule has 1 aliphatic carbocycles. The lowest BCUT2D eigenvalue weighted by Gasteiger charge is -2.41. The number of nitro groups is 1. The van der Waals surface area contributed by atoms with Gasteiger partial charge in [0.15, 0.2) is 0 Å². The first-order valence-electron chi connectivity index (χ1n) is 8.09. The number of ether oxygens (including phenoxy) is 1. The first-order valence-corrected chi connectivity index (χ1v) is 8.09. The zero-order valence-corrected chi connectivity index (χ0v) is 14.6. The van der Waals surface area contributed by atoms with Crippen LogP contribution in [0.25, 0.3) is 0 Å². The molecule has 8 nitrogen and oxygen atoms in total. The van der Waals surface area contributed by atoms with Crippen LogP contribution in [-0.2, 0) is 4.79 Å². The number of aliphatic carboxylic acids is 1. The van der Waals surface area contributed by atoms with E-state index < -0.39 is 22.3 Å². The van der Waals surface area contributed by atoms with Gasteiger partial charge in [0.05, 0.1) is 23.2 Å². The maximum atomic E-state index is 12.9. The lowest BCUT2D eigenvalue weighted by Crippen LogP contribution is -2.56. The summed E-state index contributed by atoms with van der Waals surface area (Å²) in [5.41, 5.74) is -1.15. The van der Waals surface area contributed by atoms with E-state index in [4.69, 9.17) is 4.74 Å². The molecule has 0 atom stereocenters. The first-order chi connectivity index (χ1) is 11.7. The Kier molecular flexibility index (Phi) is 5.30. The fourth-order valence-electron chi connectivity index (χ4n) is 3.42. The van der Waals surface area contributed by atoms with E-state index in [1.807, 2.05) is 0 Å². The molecule has 2 rings (SSSR count). The van der Waals surface area contributed by atoms with Gasteiger partial charge >= 0.3 is 5.97 Å². The molecule has 0 heterocycles. The molecule has 0 aromatic heterocycles. The Labute approximate surface area is 145 Å². The highest BCUT2D eigenvalue weighted by Gasteiger charge is 2.45. The van der Waals surface area contributed by atoms with Gasteiger partial charge in [-0.25, -0.2) is 4.79 Å². The van der Waals surface area contributed by atoms with Crippen LogP contribution >= 0.6 is 0 Å². The molecule has 1 aromatic carbocycles. The van der Waals surface area contributed by atoms with Gasteiger partial charge in [-0.15, -0.1) is 0 Å². The number of benzene rings is 1. The topological polar surface area (TPSA) is 110 Å². The fraction of sp³-hybridized carbons (Fsp3) is 0.529. The third kappa shape index (κ3) is 3.29. The molecule has 0 aliphatic heterocycles. The van der Waals surface area contributed by atoms with Crippen molar-refractivity contribution < 1.29 is 24.4 Å². The zero-order valence-electron chi connectivity index (χ0n) is 14.6. The van der Waals surface area contributed by atoms with Crippen molar-refractivity contribution in [3.63, 3.8) is 0 Å². The molecule has 0 spiro atoms. The highest BCUT2D eigenvalue weighted by Crippen LogP contribution is 2.36. The highest BCUT2D eigenvalue weighted by molar-refractivity contribution is 5.98. The van der Waals surface area contributed by atoms with Crippen molar-refractivity contribution in [1.82, 2.24) is 4.90 Å². The molecule has 0 bridgehead atoms. The van der Waals surface area contributed by atoms with Crippen LogP contribution < -0.4 is 4.74 Å². The van der Waals surface area contributed by atoms with E-state index in [0.29, 0.717) is 18.4 Å². The van der Waals surface area contributed by atoms with Gasteiger partial charge in [0, 0.05) is 13.1 Å². The summed E-state index contributed by atoms with van der Waals surface area (Å²) in [5.74, 6) is -1.39. The third-order valence-electron chi connectivity index (χ3n) is 5.02. The lowest BCUT2D eigenvalue weighted by molar-refractivity contribution is -0.385. The average Bonchev–Trinajstić information content (AvgIpc) is 2.60. The van der Waals surface area contributed by atoms with Crippen molar-refractivity contribution in [3.05, 3.63) is 33.4 Å². The molecule has 1 amide bonds. The summed E-state index contributed by atoms with van der Waals surface area (Å²) < 4.78 is 5.13. The number of rotatable bonds is 5. The Morgan fingerprint density at radius 2 is 1.88 bits per heavy atom. The Morgan fingerprint density at radius 3 is 2.36 bits per heavy atom. The van der Waals surface area contributed by atoms with Crippen molar-refractivity contribution in [2.24, 2.45) is 0 Å². The van der Waals surface area contributed by atoms with E-state index in [0.717, 1.165) is 19.3 Å². The van der Waals surface area contributed by atoms with Gasteiger partial charge < -0.3 is 14.7 Å². The van der Waals surface area contributed by atoms with E-state index in [-0.39, 0.29) is 17.0 Å². The van der Waals surface area contributed by atoms with Gasteiger partial charge in [0.25, 0.3) is 11.6 Å². The first kappa shape index (κ1) is 18.7. The van der Waals surface area contributed by atoms with Crippen LogP contribution in [0.2, 0.25) is 0 Å². The fourth-order valence-corrected chi connectivity index (χ4v) is 3.42. The summed E-state index contributed by atoms with van der Waals surface area (Å²) in [6.07, 6.45) is 3.12. The summed E-state index contributed by atoms with van der Waals surface area (Å²) in [4.78, 5) is 36.6. The molecule has 25 heavy (non-hydrogen) atoms. The standard InChI is InChI=1S/C17H22N2O6/c1-11-13(19(23)24)9-12(10-14(11)25-3)15(20)18(2)17(16(21)22)7-5-4-6-8-17/h9-10H,4-8H2,1-3H3,(H,21,22). The number of methoxy groups -OCH3 is 1. The predicted molar refractivity (Wildman–Crippen MR) is 89.9 cm³/mol. The number of nitro benzene ring substituents is 1. The van der Waals surface area contributed by atoms with Crippen molar-refractivity contribution in [1.29, 1.82) is 0 Å². The molecule has 1 aliphatic rings. The maximum absolute atomic E-state index is 12.9. The number of carbonyl (C=O) groups excluding carboxylic acids is 1. The lowest BCUT2D eigenvalue weighted by atomic mass is 9.80. The van der Waals surface area contributed by atoms with Gasteiger partial charge in [-0.3, -0.25) is 14.9 Å². The number of nitrogens with zero attached hydrogens (tertiary/aromatic N) is 2. The number of likely N-dealkylation sites (N-methyl/N-ethyl adjacent to an activating group) is 1. The average molecular weight is 350 g/mol. The van der Waals surface area contributed by atoms with Crippen LogP contribution in [0.5, 0.6) is 5.75 Å². The van der Waals surface area contributed by atoms with Crippen molar-refractivity contribution in [2.75, 3.05) is 14.2 Å². The van der Waals surface area contributed by atoms with Crippen LogP contribution in [0.15, 0.2) is 12.1 Å². The molecule has 1 fully saturated rings. The van der Waals surface area contributed by atoms with Crippen LogP contribution in [0.3, 0.4) is 0 Å². The summed E-state index contributed by atoms with van der Waals surface area (Å²) >= 11 is 0. The van der Waals surface area contributed by atoms with Gasteiger partial charge in [-0.2, -0.15) is 0 Å². The van der Waals surface area contributed by atoms with Crippen molar-refractivity contribution >= 4 is 17.6 Å². The second-order valence-corrected chi connectivity index (χ2v) is 6.34. The minimum atomic E-state index is -1.28. The normalized spacial score (nSPS) is 16.1. The Morgan fingerprint density at radius 1 is 1.28 bits per heavy atom. The maximum Gasteiger partial charge on any atom is 0.329 e. The van der Waals surface area contributed by atoms with Crippen LogP contribution in [0.1, 0.15) is 48.0 Å². The smallest absolute Gasteiger partial charge is 0.329 e. The minimum absolute atomic E-state index is 0.0443. The Hall–Kier alpha value is -2.64. The molecule has 1 aromatic rings. The number of carboxylic acid groups (broad SMARTS) is 1. The molecule has 136 valence electrons. The molecule has 1 saturated carbocycles.